The number of esters is 1. The molecular weight excluding hydrogens is 466 g/mol. The van der Waals surface area contributed by atoms with E-state index in [9.17, 15) is 28.1 Å². The Kier molecular flexibility index (Phi) is 8.18. The number of hydrogen-bond donors (Lipinski definition) is 1. The summed E-state index contributed by atoms with van der Waals surface area (Å²) in [5.74, 6) is -1.19. The number of hydrogen-bond acceptors (Lipinski definition) is 8. The fourth-order valence-corrected chi connectivity index (χ4v) is 5.00. The predicted molar refractivity (Wildman–Crippen MR) is 122 cm³/mol. The first kappa shape index (κ1) is 25.1. The van der Waals surface area contributed by atoms with Crippen LogP contribution in [-0.2, 0) is 30.8 Å². The highest BCUT2D eigenvalue weighted by Crippen LogP contribution is 2.29. The molecule has 2 aromatic rings. The second-order valence-corrected chi connectivity index (χ2v) is 9.57. The van der Waals surface area contributed by atoms with E-state index in [1.165, 1.54) is 47.8 Å². The number of piperidine rings is 1. The monoisotopic (exact) mass is 491 g/mol. The molecular formula is C22H25N3O8S. The normalized spacial score (nSPS) is 14.3. The van der Waals surface area contributed by atoms with E-state index in [1.54, 1.807) is 0 Å². The van der Waals surface area contributed by atoms with E-state index < -0.39 is 33.4 Å². The maximum atomic E-state index is 12.7. The largest absolute Gasteiger partial charge is 0.496 e. The summed E-state index contributed by atoms with van der Waals surface area (Å²) in [4.78, 5) is 34.9. The first-order valence-electron chi connectivity index (χ1n) is 10.6. The molecule has 0 unspecified atom stereocenters. The number of anilines is 1. The molecule has 12 heteroatoms. The SMILES string of the molecule is COc1ccc(NC(=O)COC(=O)Cc2ccc(S(=O)(=O)N3CCCCC3)cc2)c([N+](=O)[O-])c1. The molecule has 1 saturated heterocycles. The molecule has 1 aliphatic heterocycles. The van der Waals surface area contributed by atoms with Gasteiger partial charge in [0.25, 0.3) is 11.6 Å². The van der Waals surface area contributed by atoms with Crippen LogP contribution < -0.4 is 10.1 Å². The van der Waals surface area contributed by atoms with Crippen LogP contribution in [0.4, 0.5) is 11.4 Å². The molecule has 182 valence electrons. The first-order valence-corrected chi connectivity index (χ1v) is 12.0. The van der Waals surface area contributed by atoms with Crippen molar-refractivity contribution in [1.29, 1.82) is 0 Å². The maximum Gasteiger partial charge on any atom is 0.310 e. The van der Waals surface area contributed by atoms with Gasteiger partial charge in [-0.2, -0.15) is 4.31 Å². The summed E-state index contributed by atoms with van der Waals surface area (Å²) in [6.45, 7) is 0.361. The minimum absolute atomic E-state index is 0.0580. The van der Waals surface area contributed by atoms with E-state index in [0.29, 0.717) is 18.7 Å². The van der Waals surface area contributed by atoms with Crippen molar-refractivity contribution in [2.75, 3.05) is 32.1 Å². The smallest absolute Gasteiger partial charge is 0.310 e. The number of benzene rings is 2. The molecule has 1 fully saturated rings. The second kappa shape index (κ2) is 11.1. The summed E-state index contributed by atoms with van der Waals surface area (Å²) in [7, 11) is -2.21. The summed E-state index contributed by atoms with van der Waals surface area (Å²) >= 11 is 0. The summed E-state index contributed by atoms with van der Waals surface area (Å²) in [5.41, 5.74) is 0.102. The fourth-order valence-electron chi connectivity index (χ4n) is 3.48. The van der Waals surface area contributed by atoms with Crippen LogP contribution in [-0.4, -0.2) is 56.3 Å². The average molecular weight is 492 g/mol. The zero-order valence-electron chi connectivity index (χ0n) is 18.6. The van der Waals surface area contributed by atoms with Gasteiger partial charge in [0.2, 0.25) is 10.0 Å². The van der Waals surface area contributed by atoms with E-state index in [2.05, 4.69) is 5.32 Å². The highest BCUT2D eigenvalue weighted by molar-refractivity contribution is 7.89. The standard InChI is InChI=1S/C22H25N3O8S/c1-32-17-7-10-19(20(14-17)25(28)29)23-21(26)15-33-22(27)13-16-5-8-18(9-6-16)34(30,31)24-11-3-2-4-12-24/h5-10,14H,2-4,11-13,15H2,1H3,(H,23,26). The third-order valence-electron chi connectivity index (χ3n) is 5.26. The number of carbonyl (C=O) groups excluding carboxylic acids is 2. The van der Waals surface area contributed by atoms with Gasteiger partial charge in [-0.15, -0.1) is 0 Å². The Labute approximate surface area is 196 Å². The third-order valence-corrected chi connectivity index (χ3v) is 7.18. The van der Waals surface area contributed by atoms with Gasteiger partial charge in [-0.25, -0.2) is 8.42 Å². The van der Waals surface area contributed by atoms with Crippen molar-refractivity contribution in [1.82, 2.24) is 4.31 Å². The van der Waals surface area contributed by atoms with Gasteiger partial charge in [0, 0.05) is 13.1 Å². The number of nitrogens with one attached hydrogen (secondary N) is 1. The zero-order valence-corrected chi connectivity index (χ0v) is 19.4. The van der Waals surface area contributed by atoms with Gasteiger partial charge in [0.1, 0.15) is 11.4 Å². The van der Waals surface area contributed by atoms with Gasteiger partial charge < -0.3 is 14.8 Å². The molecule has 34 heavy (non-hydrogen) atoms. The van der Waals surface area contributed by atoms with Crippen LogP contribution in [0.25, 0.3) is 0 Å². The highest BCUT2D eigenvalue weighted by atomic mass is 32.2. The number of amides is 1. The number of methoxy groups -OCH3 is 1. The topological polar surface area (TPSA) is 145 Å². The van der Waals surface area contributed by atoms with E-state index in [0.717, 1.165) is 25.3 Å². The summed E-state index contributed by atoms with van der Waals surface area (Å²) in [6, 6.07) is 9.87. The third kappa shape index (κ3) is 6.29. The Hall–Kier alpha value is -3.51. The summed E-state index contributed by atoms with van der Waals surface area (Å²) < 4.78 is 36.7. The number of carbonyl (C=O) groups is 2. The lowest BCUT2D eigenvalue weighted by atomic mass is 10.1. The lowest BCUT2D eigenvalue weighted by molar-refractivity contribution is -0.384. The van der Waals surface area contributed by atoms with E-state index >= 15 is 0 Å². The van der Waals surface area contributed by atoms with Gasteiger partial charge in [0.05, 0.1) is 29.4 Å². The number of nitro groups is 1. The Morgan fingerprint density at radius 3 is 2.38 bits per heavy atom. The van der Waals surface area contributed by atoms with E-state index in [4.69, 9.17) is 9.47 Å². The number of nitro benzene ring substituents is 1. The van der Waals surface area contributed by atoms with Crippen molar-refractivity contribution in [3.8, 4) is 5.75 Å². The number of sulfonamides is 1. The Balaban J connectivity index is 1.53. The number of ether oxygens (including phenoxy) is 2. The first-order chi connectivity index (χ1) is 16.2. The van der Waals surface area contributed by atoms with Crippen LogP contribution in [0.1, 0.15) is 24.8 Å². The molecule has 3 rings (SSSR count). The predicted octanol–water partition coefficient (Wildman–Crippen LogP) is 2.50. The van der Waals surface area contributed by atoms with Crippen molar-refractivity contribution in [2.45, 2.75) is 30.6 Å². The molecule has 1 amide bonds. The molecule has 2 aromatic carbocycles. The second-order valence-electron chi connectivity index (χ2n) is 7.63. The molecule has 0 radical (unpaired) electrons. The van der Waals surface area contributed by atoms with Crippen LogP contribution in [0.3, 0.4) is 0 Å². The van der Waals surface area contributed by atoms with Crippen molar-refractivity contribution in [3.63, 3.8) is 0 Å². The maximum absolute atomic E-state index is 12.7. The quantitative estimate of drug-likeness (QED) is 0.320. The van der Waals surface area contributed by atoms with Crippen LogP contribution in [0.2, 0.25) is 0 Å². The van der Waals surface area contributed by atoms with E-state index in [1.807, 2.05) is 0 Å². The number of nitrogens with zero attached hydrogens (tertiary/aromatic N) is 2. The van der Waals surface area contributed by atoms with Gasteiger partial charge in [-0.3, -0.25) is 19.7 Å². The van der Waals surface area contributed by atoms with Crippen LogP contribution in [0.5, 0.6) is 5.75 Å². The summed E-state index contributed by atoms with van der Waals surface area (Å²) in [5, 5.41) is 13.5. The van der Waals surface area contributed by atoms with Gasteiger partial charge in [-0.05, 0) is 42.7 Å². The molecule has 0 spiro atoms. The van der Waals surface area contributed by atoms with Crippen molar-refractivity contribution >= 4 is 33.3 Å². The Morgan fingerprint density at radius 1 is 1.09 bits per heavy atom. The number of rotatable bonds is 9. The molecule has 11 nitrogen and oxygen atoms in total. The van der Waals surface area contributed by atoms with E-state index in [-0.39, 0.29) is 28.4 Å². The minimum Gasteiger partial charge on any atom is -0.496 e. The van der Waals surface area contributed by atoms with Gasteiger partial charge >= 0.3 is 5.97 Å². The average Bonchev–Trinajstić information content (AvgIpc) is 2.84. The minimum atomic E-state index is -3.56. The Morgan fingerprint density at radius 2 is 1.76 bits per heavy atom. The van der Waals surface area contributed by atoms with Crippen molar-refractivity contribution in [2.24, 2.45) is 0 Å². The lowest BCUT2D eigenvalue weighted by Gasteiger charge is -2.25. The van der Waals surface area contributed by atoms with Gasteiger partial charge in [0.15, 0.2) is 6.61 Å². The molecule has 0 atom stereocenters. The fraction of sp³-hybridized carbons (Fsp3) is 0.364. The summed E-state index contributed by atoms with van der Waals surface area (Å²) in [6.07, 6.45) is 2.52. The molecule has 1 heterocycles. The van der Waals surface area contributed by atoms with Crippen LogP contribution >= 0.6 is 0 Å². The highest BCUT2D eigenvalue weighted by Gasteiger charge is 2.26. The molecule has 0 saturated carbocycles. The Bertz CT molecular complexity index is 1160. The van der Waals surface area contributed by atoms with Gasteiger partial charge in [-0.1, -0.05) is 18.6 Å². The van der Waals surface area contributed by atoms with Crippen molar-refractivity contribution < 1.29 is 32.4 Å². The lowest BCUT2D eigenvalue weighted by Crippen LogP contribution is -2.35. The van der Waals surface area contributed by atoms with Crippen LogP contribution in [0.15, 0.2) is 47.4 Å². The molecule has 0 aromatic heterocycles. The molecule has 0 bridgehead atoms. The van der Waals surface area contributed by atoms with Crippen molar-refractivity contribution in [3.05, 3.63) is 58.1 Å². The molecule has 0 aliphatic carbocycles. The zero-order chi connectivity index (χ0) is 24.7. The van der Waals surface area contributed by atoms with Crippen LogP contribution in [0, 0.1) is 10.1 Å². The molecule has 1 N–H and O–H groups in total. The molecule has 1 aliphatic rings.